The molecule has 0 atom stereocenters. The minimum absolute atomic E-state index is 0.0177. The molecule has 0 heterocycles. The topological polar surface area (TPSA) is 84.5 Å². The number of hydrogen-bond acceptors (Lipinski definition) is 4. The van der Waals surface area contributed by atoms with Crippen LogP contribution in [0.15, 0.2) is 48.5 Å². The van der Waals surface area contributed by atoms with Gasteiger partial charge in [0.15, 0.2) is 5.78 Å². The normalized spacial score (nSPS) is 10.1. The number of rotatable bonds is 7. The Labute approximate surface area is 150 Å². The summed E-state index contributed by atoms with van der Waals surface area (Å²) in [6.45, 7) is 1.81. The lowest BCUT2D eigenvalue weighted by atomic mass is 10.1. The third-order valence-electron chi connectivity index (χ3n) is 3.50. The van der Waals surface area contributed by atoms with Gasteiger partial charge in [-0.3, -0.25) is 25.2 Å². The maximum absolute atomic E-state index is 12.8. The monoisotopic (exact) mass is 358 g/mol. The van der Waals surface area contributed by atoms with Gasteiger partial charge in [0.05, 0.1) is 6.61 Å². The first-order chi connectivity index (χ1) is 12.5. The zero-order valence-corrected chi connectivity index (χ0v) is 14.3. The van der Waals surface area contributed by atoms with Gasteiger partial charge in [0.2, 0.25) is 5.91 Å². The van der Waals surface area contributed by atoms with Crippen molar-refractivity contribution in [3.63, 3.8) is 0 Å². The van der Waals surface area contributed by atoms with Crippen molar-refractivity contribution in [1.82, 2.24) is 10.9 Å². The molecule has 7 heteroatoms. The summed E-state index contributed by atoms with van der Waals surface area (Å²) in [6.07, 6.45) is 0.613. The number of benzene rings is 2. The Balaban J connectivity index is 1.65. The van der Waals surface area contributed by atoms with Gasteiger partial charge in [-0.1, -0.05) is 0 Å². The Bertz CT molecular complexity index is 773. The lowest BCUT2D eigenvalue weighted by Gasteiger charge is -2.08. The zero-order chi connectivity index (χ0) is 18.9. The highest BCUT2D eigenvalue weighted by molar-refractivity contribution is 5.95. The number of nitrogens with one attached hydrogen (secondary N) is 2. The van der Waals surface area contributed by atoms with E-state index in [4.69, 9.17) is 4.74 Å². The van der Waals surface area contributed by atoms with Crippen LogP contribution >= 0.6 is 0 Å². The fourth-order valence-electron chi connectivity index (χ4n) is 2.07. The predicted molar refractivity (Wildman–Crippen MR) is 93.2 cm³/mol. The Hall–Kier alpha value is -3.22. The zero-order valence-electron chi connectivity index (χ0n) is 14.3. The van der Waals surface area contributed by atoms with Gasteiger partial charge in [-0.05, 0) is 61.9 Å². The van der Waals surface area contributed by atoms with E-state index in [9.17, 15) is 18.8 Å². The van der Waals surface area contributed by atoms with Crippen LogP contribution in [-0.2, 0) is 4.79 Å². The van der Waals surface area contributed by atoms with E-state index in [2.05, 4.69) is 10.9 Å². The molecule has 0 spiro atoms. The SMILES string of the molecule is CC(=O)c1ccc(OCCCC(=O)NNC(=O)c2ccc(F)cc2)cc1. The predicted octanol–water partition coefficient (Wildman–Crippen LogP) is 2.65. The van der Waals surface area contributed by atoms with Crippen molar-refractivity contribution in [1.29, 1.82) is 0 Å². The number of amides is 2. The number of carbonyl (C=O) groups excluding carboxylic acids is 3. The lowest BCUT2D eigenvalue weighted by molar-refractivity contribution is -0.122. The summed E-state index contributed by atoms with van der Waals surface area (Å²) < 4.78 is 18.3. The molecular formula is C19H19FN2O4. The van der Waals surface area contributed by atoms with Crippen molar-refractivity contribution in [2.75, 3.05) is 6.61 Å². The van der Waals surface area contributed by atoms with Crippen LogP contribution in [0.3, 0.4) is 0 Å². The Morgan fingerprint density at radius 3 is 2.15 bits per heavy atom. The largest absolute Gasteiger partial charge is 0.494 e. The second kappa shape index (κ2) is 9.31. The molecule has 136 valence electrons. The highest BCUT2D eigenvalue weighted by Gasteiger charge is 2.07. The van der Waals surface area contributed by atoms with Gasteiger partial charge in [-0.25, -0.2) is 4.39 Å². The highest BCUT2D eigenvalue weighted by Crippen LogP contribution is 2.13. The second-order valence-corrected chi connectivity index (χ2v) is 5.54. The molecule has 2 N–H and O–H groups in total. The van der Waals surface area contributed by atoms with Crippen LogP contribution < -0.4 is 15.6 Å². The molecule has 2 aromatic carbocycles. The van der Waals surface area contributed by atoms with E-state index in [1.165, 1.54) is 19.1 Å². The number of ketones is 1. The second-order valence-electron chi connectivity index (χ2n) is 5.54. The third-order valence-corrected chi connectivity index (χ3v) is 3.50. The van der Waals surface area contributed by atoms with Crippen molar-refractivity contribution >= 4 is 17.6 Å². The third kappa shape index (κ3) is 6.01. The van der Waals surface area contributed by atoms with Crippen LogP contribution in [0.2, 0.25) is 0 Å². The van der Waals surface area contributed by atoms with E-state index in [0.717, 1.165) is 12.1 Å². The summed E-state index contributed by atoms with van der Waals surface area (Å²) >= 11 is 0. The van der Waals surface area contributed by atoms with Crippen LogP contribution in [0.1, 0.15) is 40.5 Å². The van der Waals surface area contributed by atoms with Gasteiger partial charge in [-0.2, -0.15) is 0 Å². The van der Waals surface area contributed by atoms with Gasteiger partial charge in [-0.15, -0.1) is 0 Å². The molecule has 0 aliphatic heterocycles. The Morgan fingerprint density at radius 1 is 0.923 bits per heavy atom. The summed E-state index contributed by atoms with van der Waals surface area (Å²) in [4.78, 5) is 34.6. The molecule has 0 unspecified atom stereocenters. The molecular weight excluding hydrogens is 339 g/mol. The number of ether oxygens (including phenoxy) is 1. The Kier molecular flexibility index (Phi) is 6.84. The average Bonchev–Trinajstić information content (AvgIpc) is 2.64. The molecule has 26 heavy (non-hydrogen) atoms. The molecule has 6 nitrogen and oxygen atoms in total. The van der Waals surface area contributed by atoms with E-state index in [1.54, 1.807) is 24.3 Å². The molecule has 0 aliphatic rings. The van der Waals surface area contributed by atoms with Crippen LogP contribution in [0.5, 0.6) is 5.75 Å². The smallest absolute Gasteiger partial charge is 0.269 e. The summed E-state index contributed by atoms with van der Waals surface area (Å²) in [5.74, 6) is -0.742. The van der Waals surface area contributed by atoms with Crippen LogP contribution in [-0.4, -0.2) is 24.2 Å². The van der Waals surface area contributed by atoms with Gasteiger partial charge in [0.1, 0.15) is 11.6 Å². The fraction of sp³-hybridized carbons (Fsp3) is 0.211. The lowest BCUT2D eigenvalue weighted by Crippen LogP contribution is -2.41. The quantitative estimate of drug-likeness (QED) is 0.453. The van der Waals surface area contributed by atoms with Gasteiger partial charge in [0.25, 0.3) is 5.91 Å². The van der Waals surface area contributed by atoms with Crippen LogP contribution in [0.4, 0.5) is 4.39 Å². The molecule has 2 aromatic rings. The number of halogens is 1. The van der Waals surface area contributed by atoms with Crippen molar-refractivity contribution in [3.8, 4) is 5.75 Å². The number of carbonyl (C=O) groups is 3. The van der Waals surface area contributed by atoms with Gasteiger partial charge >= 0.3 is 0 Å². The Morgan fingerprint density at radius 2 is 1.54 bits per heavy atom. The summed E-state index contributed by atoms with van der Waals surface area (Å²) in [5.41, 5.74) is 5.39. The molecule has 2 amide bonds. The van der Waals surface area contributed by atoms with Crippen LogP contribution in [0.25, 0.3) is 0 Å². The van der Waals surface area contributed by atoms with Crippen molar-refractivity contribution < 1.29 is 23.5 Å². The maximum atomic E-state index is 12.8. The van der Waals surface area contributed by atoms with Gasteiger partial charge < -0.3 is 4.74 Å². The van der Waals surface area contributed by atoms with Crippen molar-refractivity contribution in [2.24, 2.45) is 0 Å². The number of Topliss-reactive ketones (excluding diaryl/α,β-unsaturated/α-hetero) is 1. The molecule has 0 bridgehead atoms. The van der Waals surface area contributed by atoms with Crippen molar-refractivity contribution in [3.05, 3.63) is 65.5 Å². The molecule has 0 aromatic heterocycles. The van der Waals surface area contributed by atoms with E-state index < -0.39 is 11.7 Å². The summed E-state index contributed by atoms with van der Waals surface area (Å²) in [5, 5.41) is 0. The minimum atomic E-state index is -0.528. The first-order valence-electron chi connectivity index (χ1n) is 8.04. The van der Waals surface area contributed by atoms with Crippen LogP contribution in [0, 0.1) is 5.82 Å². The average molecular weight is 358 g/mol. The summed E-state index contributed by atoms with van der Waals surface area (Å²) in [7, 11) is 0. The van der Waals surface area contributed by atoms with Gasteiger partial charge in [0, 0.05) is 17.5 Å². The fourth-order valence-corrected chi connectivity index (χ4v) is 2.07. The summed E-state index contributed by atoms with van der Waals surface area (Å²) in [6, 6.07) is 11.7. The molecule has 0 radical (unpaired) electrons. The first kappa shape index (κ1) is 19.1. The van der Waals surface area contributed by atoms with E-state index in [0.29, 0.717) is 24.3 Å². The highest BCUT2D eigenvalue weighted by atomic mass is 19.1. The maximum Gasteiger partial charge on any atom is 0.269 e. The van der Waals surface area contributed by atoms with E-state index >= 15 is 0 Å². The first-order valence-corrected chi connectivity index (χ1v) is 8.04. The van der Waals surface area contributed by atoms with Crippen molar-refractivity contribution in [2.45, 2.75) is 19.8 Å². The molecule has 0 fully saturated rings. The van der Waals surface area contributed by atoms with E-state index in [-0.39, 0.29) is 23.7 Å². The molecule has 2 rings (SSSR count). The number of hydrogen-bond donors (Lipinski definition) is 2. The molecule has 0 saturated heterocycles. The number of hydrazine groups is 1. The minimum Gasteiger partial charge on any atom is -0.494 e. The molecule has 0 aliphatic carbocycles. The molecule has 0 saturated carbocycles. The van der Waals surface area contributed by atoms with E-state index in [1.807, 2.05) is 0 Å². The standard InChI is InChI=1S/C19H19FN2O4/c1-13(23)14-6-10-17(11-7-14)26-12-2-3-18(24)21-22-19(25)15-4-8-16(20)9-5-15/h4-11H,2-3,12H2,1H3,(H,21,24)(H,22,25).